The van der Waals surface area contributed by atoms with Crippen LogP contribution in [0.25, 0.3) is 11.3 Å². The van der Waals surface area contributed by atoms with E-state index >= 15 is 0 Å². The van der Waals surface area contributed by atoms with Crippen molar-refractivity contribution < 1.29 is 9.32 Å². The van der Waals surface area contributed by atoms with Crippen molar-refractivity contribution in [3.8, 4) is 11.3 Å². The summed E-state index contributed by atoms with van der Waals surface area (Å²) >= 11 is 0. The summed E-state index contributed by atoms with van der Waals surface area (Å²) in [5.74, 6) is 0.373. The molecule has 158 valence electrons. The van der Waals surface area contributed by atoms with E-state index in [1.54, 1.807) is 6.92 Å². The zero-order chi connectivity index (χ0) is 21.7. The number of nitrogens with one attached hydrogen (secondary N) is 1. The lowest BCUT2D eigenvalue weighted by atomic mass is 9.86. The Hall–Kier alpha value is -3.08. The maximum atomic E-state index is 12.8. The topological polar surface area (TPSA) is 58.4 Å². The van der Waals surface area contributed by atoms with Gasteiger partial charge in [0.1, 0.15) is 5.56 Å². The molecule has 3 rings (SSSR count). The van der Waals surface area contributed by atoms with Gasteiger partial charge in [0.25, 0.3) is 5.91 Å². The molecule has 0 spiro atoms. The molecule has 1 amide bonds. The molecule has 1 N–H and O–H groups in total. The first-order chi connectivity index (χ1) is 14.3. The molecule has 0 unspecified atom stereocenters. The summed E-state index contributed by atoms with van der Waals surface area (Å²) in [5.41, 5.74) is 4.44. The molecule has 0 aliphatic heterocycles. The maximum absolute atomic E-state index is 12.8. The summed E-state index contributed by atoms with van der Waals surface area (Å²) in [7, 11) is 2.06. The van der Waals surface area contributed by atoms with Gasteiger partial charge in [-0.3, -0.25) is 4.79 Å². The smallest absolute Gasteiger partial charge is 0.257 e. The lowest BCUT2D eigenvalue weighted by Gasteiger charge is -2.19. The van der Waals surface area contributed by atoms with Gasteiger partial charge in [-0.15, -0.1) is 0 Å². The average molecular weight is 406 g/mol. The van der Waals surface area contributed by atoms with Crippen LogP contribution in [-0.2, 0) is 5.41 Å². The van der Waals surface area contributed by atoms with Crippen molar-refractivity contribution in [2.24, 2.45) is 0 Å². The van der Waals surface area contributed by atoms with E-state index in [1.807, 2.05) is 30.3 Å². The minimum absolute atomic E-state index is 0.0724. The fraction of sp³-hybridized carbons (Fsp3) is 0.360. The van der Waals surface area contributed by atoms with Crippen molar-refractivity contribution in [2.75, 3.05) is 25.0 Å². The van der Waals surface area contributed by atoms with Crippen LogP contribution in [0.1, 0.15) is 48.8 Å². The summed E-state index contributed by atoms with van der Waals surface area (Å²) in [6.07, 6.45) is 0.844. The fourth-order valence-electron chi connectivity index (χ4n) is 3.37. The van der Waals surface area contributed by atoms with Crippen LogP contribution < -0.4 is 10.2 Å². The monoisotopic (exact) mass is 405 g/mol. The number of aromatic nitrogens is 1. The molecular weight excluding hydrogens is 374 g/mol. The molecule has 5 heteroatoms. The standard InChI is InChI=1S/C25H31N3O2/c1-18-22(23(30-27-18)19-12-14-20(15-13-19)25(2,3)4)24(29)26-16-9-17-28(5)21-10-7-6-8-11-21/h6-8,10-15H,9,16-17H2,1-5H3,(H,26,29). The Morgan fingerprint density at radius 1 is 1.07 bits per heavy atom. The van der Waals surface area contributed by atoms with Crippen LogP contribution >= 0.6 is 0 Å². The van der Waals surface area contributed by atoms with Crippen molar-refractivity contribution in [1.82, 2.24) is 10.5 Å². The van der Waals surface area contributed by atoms with Gasteiger partial charge in [0.15, 0.2) is 5.76 Å². The molecule has 0 saturated heterocycles. The predicted molar refractivity (Wildman–Crippen MR) is 122 cm³/mol. The Morgan fingerprint density at radius 2 is 1.73 bits per heavy atom. The van der Waals surface area contributed by atoms with Crippen molar-refractivity contribution in [3.05, 3.63) is 71.4 Å². The number of aryl methyl sites for hydroxylation is 1. The Labute approximate surface area is 179 Å². The van der Waals surface area contributed by atoms with Crippen LogP contribution in [0.2, 0.25) is 0 Å². The number of hydrogen-bond donors (Lipinski definition) is 1. The molecule has 0 fully saturated rings. The molecular formula is C25H31N3O2. The Kier molecular flexibility index (Phi) is 6.60. The zero-order valence-corrected chi connectivity index (χ0v) is 18.5. The number of anilines is 1. The highest BCUT2D eigenvalue weighted by Gasteiger charge is 2.22. The highest BCUT2D eigenvalue weighted by molar-refractivity contribution is 6.00. The van der Waals surface area contributed by atoms with E-state index in [0.717, 1.165) is 18.5 Å². The number of carbonyl (C=O) groups is 1. The Bertz CT molecular complexity index is 970. The number of amides is 1. The van der Waals surface area contributed by atoms with Crippen LogP contribution in [0, 0.1) is 6.92 Å². The fourth-order valence-corrected chi connectivity index (χ4v) is 3.37. The van der Waals surface area contributed by atoms with E-state index in [1.165, 1.54) is 11.3 Å². The minimum Gasteiger partial charge on any atom is -0.375 e. The molecule has 0 aliphatic carbocycles. The van der Waals surface area contributed by atoms with Crippen molar-refractivity contribution in [1.29, 1.82) is 0 Å². The number of benzene rings is 2. The quantitative estimate of drug-likeness (QED) is 0.549. The first-order valence-electron chi connectivity index (χ1n) is 10.4. The summed E-state index contributed by atoms with van der Waals surface area (Å²) in [6.45, 7) is 9.77. The molecule has 0 atom stereocenters. The van der Waals surface area contributed by atoms with E-state index in [0.29, 0.717) is 23.6 Å². The third-order valence-electron chi connectivity index (χ3n) is 5.26. The van der Waals surface area contributed by atoms with Crippen LogP contribution in [-0.4, -0.2) is 31.2 Å². The molecule has 1 aromatic heterocycles. The lowest BCUT2D eigenvalue weighted by molar-refractivity contribution is 0.0953. The van der Waals surface area contributed by atoms with E-state index < -0.39 is 0 Å². The van der Waals surface area contributed by atoms with Crippen LogP contribution in [0.15, 0.2) is 59.1 Å². The molecule has 2 aromatic carbocycles. The van der Waals surface area contributed by atoms with E-state index in [9.17, 15) is 4.79 Å². The Morgan fingerprint density at radius 3 is 2.37 bits per heavy atom. The van der Waals surface area contributed by atoms with Crippen LogP contribution in [0.3, 0.4) is 0 Å². The molecule has 0 aliphatic rings. The SMILES string of the molecule is Cc1noc(-c2ccc(C(C)(C)C)cc2)c1C(=O)NCCCN(C)c1ccccc1. The van der Waals surface area contributed by atoms with Gasteiger partial charge in [-0.2, -0.15) is 0 Å². The van der Waals surface area contributed by atoms with Crippen molar-refractivity contribution >= 4 is 11.6 Å². The normalized spacial score (nSPS) is 11.4. The van der Waals surface area contributed by atoms with Gasteiger partial charge in [-0.25, -0.2) is 0 Å². The molecule has 5 nitrogen and oxygen atoms in total. The van der Waals surface area contributed by atoms with E-state index in [4.69, 9.17) is 4.52 Å². The first-order valence-corrected chi connectivity index (χ1v) is 10.4. The van der Waals surface area contributed by atoms with Gasteiger partial charge in [-0.05, 0) is 36.5 Å². The van der Waals surface area contributed by atoms with Crippen molar-refractivity contribution in [3.63, 3.8) is 0 Å². The van der Waals surface area contributed by atoms with Gasteiger partial charge in [0.2, 0.25) is 0 Å². The number of hydrogen-bond acceptors (Lipinski definition) is 4. The molecule has 0 radical (unpaired) electrons. The lowest BCUT2D eigenvalue weighted by Crippen LogP contribution is -2.28. The second-order valence-corrected chi connectivity index (χ2v) is 8.67. The third-order valence-corrected chi connectivity index (χ3v) is 5.26. The van der Waals surface area contributed by atoms with Gasteiger partial charge in [0.05, 0.1) is 5.69 Å². The van der Waals surface area contributed by atoms with Gasteiger partial charge < -0.3 is 14.7 Å². The summed E-state index contributed by atoms with van der Waals surface area (Å²) in [4.78, 5) is 15.0. The third kappa shape index (κ3) is 5.09. The predicted octanol–water partition coefficient (Wildman–Crippen LogP) is 5.20. The van der Waals surface area contributed by atoms with Crippen LogP contribution in [0.5, 0.6) is 0 Å². The molecule has 30 heavy (non-hydrogen) atoms. The largest absolute Gasteiger partial charge is 0.375 e. The number of rotatable bonds is 7. The molecule has 1 heterocycles. The van der Waals surface area contributed by atoms with Gasteiger partial charge in [-0.1, -0.05) is 68.4 Å². The van der Waals surface area contributed by atoms with Gasteiger partial charge in [0, 0.05) is 31.4 Å². The zero-order valence-electron chi connectivity index (χ0n) is 18.5. The average Bonchev–Trinajstić information content (AvgIpc) is 3.12. The van der Waals surface area contributed by atoms with Gasteiger partial charge >= 0.3 is 0 Å². The summed E-state index contributed by atoms with van der Waals surface area (Å²) in [6, 6.07) is 18.4. The highest BCUT2D eigenvalue weighted by atomic mass is 16.5. The first kappa shape index (κ1) is 21.6. The van der Waals surface area contributed by atoms with Crippen LogP contribution in [0.4, 0.5) is 5.69 Å². The summed E-state index contributed by atoms with van der Waals surface area (Å²) < 4.78 is 5.51. The number of para-hydroxylation sites is 1. The second-order valence-electron chi connectivity index (χ2n) is 8.67. The second kappa shape index (κ2) is 9.16. The van der Waals surface area contributed by atoms with E-state index in [-0.39, 0.29) is 11.3 Å². The minimum atomic E-state index is -0.147. The van der Waals surface area contributed by atoms with Crippen molar-refractivity contribution in [2.45, 2.75) is 39.5 Å². The molecule has 3 aromatic rings. The Balaban J connectivity index is 1.62. The summed E-state index contributed by atoms with van der Waals surface area (Å²) in [5, 5.41) is 7.05. The molecule has 0 bridgehead atoms. The maximum Gasteiger partial charge on any atom is 0.257 e. The molecule has 0 saturated carbocycles. The number of carbonyl (C=O) groups excluding carboxylic acids is 1. The number of nitrogens with zero attached hydrogens (tertiary/aromatic N) is 2. The highest BCUT2D eigenvalue weighted by Crippen LogP contribution is 2.29. The van der Waals surface area contributed by atoms with E-state index in [2.05, 4.69) is 67.5 Å².